The summed E-state index contributed by atoms with van der Waals surface area (Å²) in [5.74, 6) is 0.721. The molecule has 3 rings (SSSR count). The Balaban J connectivity index is 1.72. The van der Waals surface area contributed by atoms with E-state index in [-0.39, 0.29) is 18.1 Å². The van der Waals surface area contributed by atoms with E-state index >= 15 is 0 Å². The first-order chi connectivity index (χ1) is 13.8. The molecule has 1 amide bonds. The molecule has 29 heavy (non-hydrogen) atoms. The highest BCUT2D eigenvalue weighted by Gasteiger charge is 2.21. The first kappa shape index (κ1) is 20.3. The van der Waals surface area contributed by atoms with Gasteiger partial charge in [0.1, 0.15) is 23.9 Å². The molecule has 0 aliphatic carbocycles. The fraction of sp³-hybridized carbons (Fsp3) is 0.238. The van der Waals surface area contributed by atoms with Crippen molar-refractivity contribution in [3.05, 3.63) is 70.6 Å². The topological polar surface area (TPSA) is 73.6 Å². The molecular formula is C21H20F2N2O4. The number of aryl methyl sites for hydroxylation is 3. The first-order valence-corrected chi connectivity index (χ1v) is 8.85. The van der Waals surface area contributed by atoms with Gasteiger partial charge in [-0.3, -0.25) is 4.79 Å². The van der Waals surface area contributed by atoms with Gasteiger partial charge in [0.15, 0.2) is 5.69 Å². The molecule has 6 nitrogen and oxygen atoms in total. The van der Waals surface area contributed by atoms with Gasteiger partial charge in [-0.15, -0.1) is 0 Å². The molecule has 0 atom stereocenters. The van der Waals surface area contributed by atoms with Crippen LogP contribution in [0.1, 0.15) is 32.9 Å². The molecule has 0 saturated carbocycles. The number of nitrogens with one attached hydrogen (secondary N) is 1. The van der Waals surface area contributed by atoms with Crippen LogP contribution in [0, 0.1) is 20.8 Å². The zero-order valence-electron chi connectivity index (χ0n) is 16.2. The summed E-state index contributed by atoms with van der Waals surface area (Å²) in [6, 6.07) is 11.4. The number of aromatic nitrogens is 1. The summed E-state index contributed by atoms with van der Waals surface area (Å²) in [7, 11) is 0. The Morgan fingerprint density at radius 3 is 2.38 bits per heavy atom. The number of rotatable bonds is 7. The Kier molecular flexibility index (Phi) is 6.11. The van der Waals surface area contributed by atoms with Crippen molar-refractivity contribution in [3.63, 3.8) is 0 Å². The molecule has 0 aliphatic heterocycles. The van der Waals surface area contributed by atoms with Crippen molar-refractivity contribution in [2.24, 2.45) is 0 Å². The molecule has 1 aromatic heterocycles. The molecule has 0 unspecified atom stereocenters. The highest BCUT2D eigenvalue weighted by molar-refractivity contribution is 6.03. The predicted octanol–water partition coefficient (Wildman–Crippen LogP) is 5.03. The zero-order valence-corrected chi connectivity index (χ0v) is 16.2. The van der Waals surface area contributed by atoms with E-state index in [2.05, 4.69) is 15.2 Å². The Morgan fingerprint density at radius 1 is 1.10 bits per heavy atom. The summed E-state index contributed by atoms with van der Waals surface area (Å²) < 4.78 is 39.8. The number of hydrogen-bond donors (Lipinski definition) is 1. The molecule has 2 aromatic carbocycles. The lowest BCUT2D eigenvalue weighted by molar-refractivity contribution is -0.0498. The van der Waals surface area contributed by atoms with Gasteiger partial charge in [-0.2, -0.15) is 8.78 Å². The fourth-order valence-corrected chi connectivity index (χ4v) is 2.82. The number of benzene rings is 2. The van der Waals surface area contributed by atoms with Gasteiger partial charge in [0.2, 0.25) is 0 Å². The van der Waals surface area contributed by atoms with E-state index in [1.807, 2.05) is 32.0 Å². The van der Waals surface area contributed by atoms with Gasteiger partial charge in [-0.05, 0) is 56.2 Å². The minimum Gasteiger partial charge on any atom is -0.488 e. The van der Waals surface area contributed by atoms with Gasteiger partial charge < -0.3 is 19.3 Å². The van der Waals surface area contributed by atoms with Crippen LogP contribution in [0.5, 0.6) is 11.5 Å². The van der Waals surface area contributed by atoms with Crippen molar-refractivity contribution in [3.8, 4) is 11.5 Å². The Morgan fingerprint density at radius 2 is 1.76 bits per heavy atom. The number of alkyl halides is 2. The first-order valence-electron chi connectivity index (χ1n) is 8.85. The number of para-hydroxylation sites is 1. The molecule has 0 spiro atoms. The van der Waals surface area contributed by atoms with Crippen molar-refractivity contribution in [2.45, 2.75) is 34.0 Å². The molecule has 0 radical (unpaired) electrons. The van der Waals surface area contributed by atoms with Crippen LogP contribution in [-0.2, 0) is 6.61 Å². The molecule has 0 fully saturated rings. The van der Waals surface area contributed by atoms with Crippen LogP contribution in [0.25, 0.3) is 0 Å². The monoisotopic (exact) mass is 402 g/mol. The highest BCUT2D eigenvalue weighted by atomic mass is 19.3. The van der Waals surface area contributed by atoms with E-state index in [1.54, 1.807) is 6.92 Å². The van der Waals surface area contributed by atoms with Crippen LogP contribution in [0.2, 0.25) is 0 Å². The molecule has 1 N–H and O–H groups in total. The van der Waals surface area contributed by atoms with Crippen molar-refractivity contribution < 1.29 is 27.6 Å². The highest BCUT2D eigenvalue weighted by Crippen LogP contribution is 2.25. The van der Waals surface area contributed by atoms with E-state index in [0.717, 1.165) is 16.9 Å². The number of carbonyl (C=O) groups excluding carboxylic acids is 1. The maximum atomic E-state index is 12.6. The van der Waals surface area contributed by atoms with E-state index < -0.39 is 12.5 Å². The molecule has 0 bridgehead atoms. The quantitative estimate of drug-likeness (QED) is 0.600. The minimum absolute atomic E-state index is 0.00188. The van der Waals surface area contributed by atoms with E-state index in [1.165, 1.54) is 24.3 Å². The molecule has 1 heterocycles. The largest absolute Gasteiger partial charge is 0.488 e. The van der Waals surface area contributed by atoms with Gasteiger partial charge in [-0.1, -0.05) is 23.4 Å². The number of ether oxygens (including phenoxy) is 2. The van der Waals surface area contributed by atoms with Crippen LogP contribution in [0.15, 0.2) is 47.0 Å². The number of anilines is 1. The SMILES string of the molecule is Cc1cccc(C)c1OCc1c(C(=O)Nc2ccc(OC(F)F)cc2)noc1C. The summed E-state index contributed by atoms with van der Waals surface area (Å²) >= 11 is 0. The normalized spacial score (nSPS) is 10.8. The van der Waals surface area contributed by atoms with Crippen molar-refractivity contribution in [1.82, 2.24) is 5.16 Å². The van der Waals surface area contributed by atoms with Gasteiger partial charge >= 0.3 is 6.61 Å². The molecule has 3 aromatic rings. The summed E-state index contributed by atoms with van der Waals surface area (Å²) in [5.41, 5.74) is 3.00. The maximum absolute atomic E-state index is 12.6. The van der Waals surface area contributed by atoms with Gasteiger partial charge in [0.05, 0.1) is 5.56 Å². The predicted molar refractivity (Wildman–Crippen MR) is 103 cm³/mol. The van der Waals surface area contributed by atoms with Crippen molar-refractivity contribution in [2.75, 3.05) is 5.32 Å². The second-order valence-electron chi connectivity index (χ2n) is 6.43. The van der Waals surface area contributed by atoms with Gasteiger partial charge in [0, 0.05) is 5.69 Å². The molecule has 0 saturated heterocycles. The van der Waals surface area contributed by atoms with E-state index in [0.29, 0.717) is 17.0 Å². The summed E-state index contributed by atoms with van der Waals surface area (Å²) in [4.78, 5) is 12.6. The van der Waals surface area contributed by atoms with Gasteiger partial charge in [-0.25, -0.2) is 0 Å². The summed E-state index contributed by atoms with van der Waals surface area (Å²) in [6.45, 7) is 2.79. The van der Waals surface area contributed by atoms with Crippen molar-refractivity contribution in [1.29, 1.82) is 0 Å². The number of hydrogen-bond acceptors (Lipinski definition) is 5. The third-order valence-corrected chi connectivity index (χ3v) is 4.31. The third-order valence-electron chi connectivity index (χ3n) is 4.31. The fourth-order valence-electron chi connectivity index (χ4n) is 2.82. The minimum atomic E-state index is -2.91. The summed E-state index contributed by atoms with van der Waals surface area (Å²) in [6.07, 6.45) is 0. The number of nitrogens with zero attached hydrogens (tertiary/aromatic N) is 1. The maximum Gasteiger partial charge on any atom is 0.387 e. The average Bonchev–Trinajstić information content (AvgIpc) is 3.03. The Hall–Kier alpha value is -3.42. The van der Waals surface area contributed by atoms with Gasteiger partial charge in [0.25, 0.3) is 5.91 Å². The lowest BCUT2D eigenvalue weighted by Crippen LogP contribution is -2.15. The standard InChI is InChI=1S/C21H20F2N2O4/c1-12-5-4-6-13(2)19(12)27-11-17-14(3)29-25-18(17)20(26)24-15-7-9-16(10-8-15)28-21(22)23/h4-10,21H,11H2,1-3H3,(H,24,26). The number of amides is 1. The molecular weight excluding hydrogens is 382 g/mol. The lowest BCUT2D eigenvalue weighted by Gasteiger charge is -2.12. The number of carbonyl (C=O) groups is 1. The van der Waals surface area contributed by atoms with Crippen molar-refractivity contribution >= 4 is 11.6 Å². The zero-order chi connectivity index (χ0) is 21.0. The van der Waals surface area contributed by atoms with Crippen LogP contribution in [0.4, 0.5) is 14.5 Å². The van der Waals surface area contributed by atoms with Crippen LogP contribution in [-0.4, -0.2) is 17.7 Å². The second kappa shape index (κ2) is 8.72. The molecule has 0 aliphatic rings. The molecule has 8 heteroatoms. The smallest absolute Gasteiger partial charge is 0.387 e. The van der Waals surface area contributed by atoms with Crippen LogP contribution >= 0.6 is 0 Å². The van der Waals surface area contributed by atoms with E-state index in [4.69, 9.17) is 9.26 Å². The third kappa shape index (κ3) is 4.90. The summed E-state index contributed by atoms with van der Waals surface area (Å²) in [5, 5.41) is 6.49. The Labute approximate surface area is 166 Å². The molecule has 152 valence electrons. The van der Waals surface area contributed by atoms with Crippen LogP contribution < -0.4 is 14.8 Å². The second-order valence-corrected chi connectivity index (χ2v) is 6.43. The number of halogens is 2. The average molecular weight is 402 g/mol. The Bertz CT molecular complexity index is 980. The van der Waals surface area contributed by atoms with Crippen LogP contribution in [0.3, 0.4) is 0 Å². The van der Waals surface area contributed by atoms with E-state index in [9.17, 15) is 13.6 Å². The lowest BCUT2D eigenvalue weighted by atomic mass is 10.1.